The van der Waals surface area contributed by atoms with E-state index in [2.05, 4.69) is 15.5 Å². The first-order valence-electron chi connectivity index (χ1n) is 7.15. The van der Waals surface area contributed by atoms with Gasteiger partial charge in [0.05, 0.1) is 12.4 Å². The minimum Gasteiger partial charge on any atom is -0.504 e. The molecule has 3 rings (SSSR count). The summed E-state index contributed by atoms with van der Waals surface area (Å²) in [7, 11) is 0. The van der Waals surface area contributed by atoms with Crippen LogP contribution in [0.5, 0.6) is 17.2 Å². The predicted octanol–water partition coefficient (Wildman–Crippen LogP) is 2.69. The van der Waals surface area contributed by atoms with Crippen LogP contribution in [-0.4, -0.2) is 32.4 Å². The number of amides is 1. The third-order valence-electron chi connectivity index (χ3n) is 3.28. The number of aromatic nitrogens is 1. The van der Waals surface area contributed by atoms with E-state index in [9.17, 15) is 20.1 Å². The van der Waals surface area contributed by atoms with Crippen LogP contribution < -0.4 is 5.43 Å². The zero-order chi connectivity index (χ0) is 17.8. The van der Waals surface area contributed by atoms with Crippen LogP contribution in [0.3, 0.4) is 0 Å². The Morgan fingerprint density at radius 1 is 1.08 bits per heavy atom. The zero-order valence-electron chi connectivity index (χ0n) is 12.7. The summed E-state index contributed by atoms with van der Waals surface area (Å²) in [6.45, 7) is 0. The lowest BCUT2D eigenvalue weighted by atomic mass is 10.2. The lowest BCUT2D eigenvalue weighted by molar-refractivity contribution is 0.0959. The minimum absolute atomic E-state index is 0.143. The molecule has 0 spiro atoms. The van der Waals surface area contributed by atoms with Crippen molar-refractivity contribution in [3.8, 4) is 27.8 Å². The van der Waals surface area contributed by atoms with Gasteiger partial charge < -0.3 is 15.3 Å². The molecule has 0 aliphatic rings. The van der Waals surface area contributed by atoms with E-state index < -0.39 is 23.2 Å². The Kier molecular flexibility index (Phi) is 4.62. The zero-order valence-corrected chi connectivity index (χ0v) is 13.6. The van der Waals surface area contributed by atoms with E-state index in [-0.39, 0.29) is 5.56 Å². The molecular weight excluding hydrogens is 342 g/mol. The van der Waals surface area contributed by atoms with Crippen LogP contribution >= 0.6 is 11.3 Å². The van der Waals surface area contributed by atoms with Gasteiger partial charge in [-0.15, -0.1) is 11.3 Å². The van der Waals surface area contributed by atoms with Crippen LogP contribution in [0.1, 0.15) is 15.2 Å². The average Bonchev–Trinajstić information content (AvgIpc) is 3.12. The first kappa shape index (κ1) is 16.5. The summed E-state index contributed by atoms with van der Waals surface area (Å²) in [6, 6.07) is 12.0. The summed E-state index contributed by atoms with van der Waals surface area (Å²) >= 11 is 1.23. The molecule has 1 aromatic heterocycles. The van der Waals surface area contributed by atoms with Gasteiger partial charge in [0.25, 0.3) is 5.91 Å². The SMILES string of the molecule is O=C(N/N=C/c1ccc(O)c(O)c1O)c1cnc(-c2ccccc2)s1. The topological polar surface area (TPSA) is 115 Å². The van der Waals surface area contributed by atoms with E-state index in [1.807, 2.05) is 30.3 Å². The van der Waals surface area contributed by atoms with Gasteiger partial charge in [-0.1, -0.05) is 30.3 Å². The summed E-state index contributed by atoms with van der Waals surface area (Å²) < 4.78 is 0. The smallest absolute Gasteiger partial charge is 0.283 e. The number of carbonyl (C=O) groups is 1. The molecule has 3 aromatic rings. The molecule has 4 N–H and O–H groups in total. The van der Waals surface area contributed by atoms with Crippen LogP contribution in [0.4, 0.5) is 0 Å². The number of nitrogens with one attached hydrogen (secondary N) is 1. The number of phenols is 3. The molecule has 1 heterocycles. The first-order valence-corrected chi connectivity index (χ1v) is 7.96. The minimum atomic E-state index is -0.648. The fourth-order valence-corrected chi connectivity index (χ4v) is 2.81. The van der Waals surface area contributed by atoms with E-state index >= 15 is 0 Å². The molecule has 0 radical (unpaired) electrons. The number of hydrazone groups is 1. The van der Waals surface area contributed by atoms with Crippen molar-refractivity contribution in [3.63, 3.8) is 0 Å². The molecule has 8 heteroatoms. The van der Waals surface area contributed by atoms with E-state index in [0.717, 1.165) is 16.8 Å². The number of hydrogen-bond acceptors (Lipinski definition) is 7. The highest BCUT2D eigenvalue weighted by molar-refractivity contribution is 7.16. The number of hydrogen-bond donors (Lipinski definition) is 4. The number of rotatable bonds is 4. The van der Waals surface area contributed by atoms with E-state index in [0.29, 0.717) is 4.88 Å². The second-order valence-corrected chi connectivity index (χ2v) is 6.00. The monoisotopic (exact) mass is 355 g/mol. The molecule has 25 heavy (non-hydrogen) atoms. The van der Waals surface area contributed by atoms with Crippen molar-refractivity contribution >= 4 is 23.5 Å². The molecule has 0 aliphatic heterocycles. The maximum Gasteiger partial charge on any atom is 0.283 e. The summed E-state index contributed by atoms with van der Waals surface area (Å²) in [4.78, 5) is 16.7. The van der Waals surface area contributed by atoms with Crippen LogP contribution in [0.25, 0.3) is 10.6 Å². The van der Waals surface area contributed by atoms with Crippen molar-refractivity contribution in [2.75, 3.05) is 0 Å². The fraction of sp³-hybridized carbons (Fsp3) is 0. The van der Waals surface area contributed by atoms with Gasteiger partial charge in [0.2, 0.25) is 5.75 Å². The van der Waals surface area contributed by atoms with Gasteiger partial charge in [0.1, 0.15) is 9.88 Å². The van der Waals surface area contributed by atoms with E-state index in [1.165, 1.54) is 29.7 Å². The molecular formula is C17H13N3O4S. The van der Waals surface area contributed by atoms with Gasteiger partial charge in [-0.3, -0.25) is 4.79 Å². The van der Waals surface area contributed by atoms with Crippen LogP contribution in [-0.2, 0) is 0 Å². The maximum atomic E-state index is 12.1. The molecule has 0 bridgehead atoms. The summed E-state index contributed by atoms with van der Waals surface area (Å²) in [5, 5.41) is 32.8. The van der Waals surface area contributed by atoms with Crippen molar-refractivity contribution in [3.05, 3.63) is 59.1 Å². The molecule has 2 aromatic carbocycles. The van der Waals surface area contributed by atoms with Gasteiger partial charge in [0.15, 0.2) is 11.5 Å². The molecule has 0 unspecified atom stereocenters. The number of carbonyl (C=O) groups excluding carboxylic acids is 1. The maximum absolute atomic E-state index is 12.1. The average molecular weight is 355 g/mol. The summed E-state index contributed by atoms with van der Waals surface area (Å²) in [6.07, 6.45) is 2.62. The van der Waals surface area contributed by atoms with Gasteiger partial charge >= 0.3 is 0 Å². The van der Waals surface area contributed by atoms with Crippen molar-refractivity contribution < 1.29 is 20.1 Å². The molecule has 0 atom stereocenters. The highest BCUT2D eigenvalue weighted by Crippen LogP contribution is 2.36. The first-order chi connectivity index (χ1) is 12.1. The Morgan fingerprint density at radius 3 is 2.60 bits per heavy atom. The molecule has 0 fully saturated rings. The lowest BCUT2D eigenvalue weighted by Crippen LogP contribution is -2.16. The highest BCUT2D eigenvalue weighted by Gasteiger charge is 2.12. The van der Waals surface area contributed by atoms with Crippen LogP contribution in [0.2, 0.25) is 0 Å². The largest absolute Gasteiger partial charge is 0.504 e. The van der Waals surface area contributed by atoms with Crippen molar-refractivity contribution in [1.29, 1.82) is 0 Å². The summed E-state index contributed by atoms with van der Waals surface area (Å²) in [5.74, 6) is -2.07. The van der Waals surface area contributed by atoms with Crippen molar-refractivity contribution in [2.45, 2.75) is 0 Å². The second-order valence-electron chi connectivity index (χ2n) is 4.97. The van der Waals surface area contributed by atoms with Gasteiger partial charge in [-0.25, -0.2) is 10.4 Å². The third-order valence-corrected chi connectivity index (χ3v) is 4.33. The summed E-state index contributed by atoms with van der Waals surface area (Å²) in [5.41, 5.74) is 3.38. The highest BCUT2D eigenvalue weighted by atomic mass is 32.1. The Balaban J connectivity index is 1.69. The quantitative estimate of drug-likeness (QED) is 0.326. The Hall–Kier alpha value is -3.39. The molecule has 7 nitrogen and oxygen atoms in total. The molecule has 1 amide bonds. The van der Waals surface area contributed by atoms with Gasteiger partial charge in [-0.05, 0) is 12.1 Å². The van der Waals surface area contributed by atoms with E-state index in [4.69, 9.17) is 0 Å². The van der Waals surface area contributed by atoms with Crippen LogP contribution in [0.15, 0.2) is 53.8 Å². The number of benzene rings is 2. The van der Waals surface area contributed by atoms with Crippen molar-refractivity contribution in [2.24, 2.45) is 5.10 Å². The standard InChI is InChI=1S/C17H13N3O4S/c21-12-7-6-11(14(22)15(12)23)8-19-20-16(24)13-9-18-17(25-13)10-4-2-1-3-5-10/h1-9,21-23H,(H,20,24)/b19-8+. The van der Waals surface area contributed by atoms with Gasteiger partial charge in [-0.2, -0.15) is 5.10 Å². The van der Waals surface area contributed by atoms with Gasteiger partial charge in [0, 0.05) is 11.1 Å². The van der Waals surface area contributed by atoms with Crippen LogP contribution in [0, 0.1) is 0 Å². The molecule has 0 saturated carbocycles. The Labute approximate surface area is 146 Å². The number of phenolic OH excluding ortho intramolecular Hbond substituents is 3. The third kappa shape index (κ3) is 3.59. The number of nitrogens with zero attached hydrogens (tertiary/aromatic N) is 2. The molecule has 0 aliphatic carbocycles. The fourth-order valence-electron chi connectivity index (χ4n) is 2.00. The number of thiazole rings is 1. The predicted molar refractivity (Wildman–Crippen MR) is 94.0 cm³/mol. The Bertz CT molecular complexity index is 938. The van der Waals surface area contributed by atoms with E-state index in [1.54, 1.807) is 0 Å². The molecule has 126 valence electrons. The molecule has 0 saturated heterocycles. The van der Waals surface area contributed by atoms with Crippen molar-refractivity contribution in [1.82, 2.24) is 10.4 Å². The normalized spacial score (nSPS) is 10.9. The number of aromatic hydroxyl groups is 3. The lowest BCUT2D eigenvalue weighted by Gasteiger charge is -2.03. The second kappa shape index (κ2) is 7.02. The Morgan fingerprint density at radius 2 is 1.84 bits per heavy atom.